The van der Waals surface area contributed by atoms with E-state index in [1.807, 2.05) is 6.26 Å². The summed E-state index contributed by atoms with van der Waals surface area (Å²) in [5, 5.41) is 15.2. The topological polar surface area (TPSA) is 98.7 Å². The van der Waals surface area contributed by atoms with Gasteiger partial charge in [0.05, 0.1) is 13.0 Å². The molecule has 2 rings (SSSR count). The summed E-state index contributed by atoms with van der Waals surface area (Å²) in [5.74, 6) is 0.454. The highest BCUT2D eigenvalue weighted by molar-refractivity contribution is 7.98. The molecule has 3 N–H and O–H groups in total. The average Bonchev–Trinajstić information content (AvgIpc) is 2.67. The number of aliphatic carboxylic acids is 1. The molecule has 2 amide bonds. The molecule has 0 aromatic heterocycles. The van der Waals surface area contributed by atoms with Crippen LogP contribution >= 0.6 is 11.8 Å². The lowest BCUT2D eigenvalue weighted by Crippen LogP contribution is -2.48. The molecule has 0 bridgehead atoms. The molecule has 7 nitrogen and oxygen atoms in total. The van der Waals surface area contributed by atoms with Crippen LogP contribution in [0.15, 0.2) is 0 Å². The molecule has 28 heavy (non-hydrogen) atoms. The van der Waals surface area contributed by atoms with Crippen LogP contribution in [0.25, 0.3) is 0 Å². The lowest BCUT2D eigenvalue weighted by Gasteiger charge is -2.33. The van der Waals surface area contributed by atoms with Crippen LogP contribution in [0.4, 0.5) is 0 Å². The molecule has 0 aromatic rings. The number of carbonyl (C=O) groups is 3. The summed E-state index contributed by atoms with van der Waals surface area (Å²) in [7, 11) is 0. The third kappa shape index (κ3) is 7.99. The maximum Gasteiger partial charge on any atom is 0.305 e. The molecular formula is C20H35N3O4S. The van der Waals surface area contributed by atoms with Gasteiger partial charge in [0.1, 0.15) is 0 Å². The number of carboxylic acid groups (broad SMARTS) is 1. The van der Waals surface area contributed by atoms with E-state index in [9.17, 15) is 14.4 Å². The average molecular weight is 414 g/mol. The van der Waals surface area contributed by atoms with E-state index in [1.54, 1.807) is 16.7 Å². The summed E-state index contributed by atoms with van der Waals surface area (Å²) in [6.45, 7) is 2.80. The van der Waals surface area contributed by atoms with Gasteiger partial charge in [-0.2, -0.15) is 11.8 Å². The highest BCUT2D eigenvalue weighted by Crippen LogP contribution is 2.27. The first-order valence-electron chi connectivity index (χ1n) is 10.5. The summed E-state index contributed by atoms with van der Waals surface area (Å²) in [6.07, 6.45) is 8.71. The third-order valence-corrected chi connectivity index (χ3v) is 6.46. The lowest BCUT2D eigenvalue weighted by atomic mass is 9.86. The number of carbonyl (C=O) groups excluding carboxylic acids is 2. The number of carboxylic acids is 1. The van der Waals surface area contributed by atoms with E-state index in [4.69, 9.17) is 5.11 Å². The highest BCUT2D eigenvalue weighted by Gasteiger charge is 2.30. The van der Waals surface area contributed by atoms with Crippen molar-refractivity contribution in [3.8, 4) is 0 Å². The van der Waals surface area contributed by atoms with E-state index in [2.05, 4.69) is 10.6 Å². The Morgan fingerprint density at radius 2 is 2.04 bits per heavy atom. The Hall–Kier alpha value is -1.28. The molecule has 0 aliphatic carbocycles. The minimum absolute atomic E-state index is 0.0303. The van der Waals surface area contributed by atoms with Crippen LogP contribution in [-0.4, -0.2) is 72.0 Å². The standard InChI is InChI=1S/C20H35N3O4S/c1-28-12-8-17(13-19(25)26)22-18(24)14-23-11-2-3-16(20(23)27)5-4-15-6-9-21-10-7-15/h15-17,21H,2-14H2,1H3,(H,22,24)(H,25,26)/t16?,17-/m1/s1. The Kier molecular flexibility index (Phi) is 10.1. The molecular weight excluding hydrogens is 378 g/mol. The fourth-order valence-electron chi connectivity index (χ4n) is 4.20. The molecule has 1 unspecified atom stereocenters. The fourth-order valence-corrected chi connectivity index (χ4v) is 4.72. The number of nitrogens with one attached hydrogen (secondary N) is 2. The maximum absolute atomic E-state index is 12.8. The van der Waals surface area contributed by atoms with Gasteiger partial charge in [0, 0.05) is 18.5 Å². The fraction of sp³-hybridized carbons (Fsp3) is 0.850. The van der Waals surface area contributed by atoms with Crippen molar-refractivity contribution in [1.29, 1.82) is 0 Å². The maximum atomic E-state index is 12.8. The van der Waals surface area contributed by atoms with Crippen LogP contribution in [0.5, 0.6) is 0 Å². The Balaban J connectivity index is 1.79. The van der Waals surface area contributed by atoms with E-state index < -0.39 is 5.97 Å². The zero-order valence-corrected chi connectivity index (χ0v) is 17.8. The van der Waals surface area contributed by atoms with Crippen molar-refractivity contribution >= 4 is 29.5 Å². The molecule has 2 fully saturated rings. The molecule has 2 saturated heterocycles. The van der Waals surface area contributed by atoms with Crippen molar-refractivity contribution in [3.63, 3.8) is 0 Å². The van der Waals surface area contributed by atoms with Crippen LogP contribution in [0.2, 0.25) is 0 Å². The Labute approximate surface area is 172 Å². The van der Waals surface area contributed by atoms with Gasteiger partial charge in [-0.25, -0.2) is 0 Å². The number of nitrogens with zero attached hydrogens (tertiary/aromatic N) is 1. The van der Waals surface area contributed by atoms with Gasteiger partial charge in [0.25, 0.3) is 0 Å². The third-order valence-electron chi connectivity index (χ3n) is 5.81. The zero-order valence-electron chi connectivity index (χ0n) is 17.0. The van der Waals surface area contributed by atoms with Gasteiger partial charge in [-0.1, -0.05) is 0 Å². The summed E-state index contributed by atoms with van der Waals surface area (Å²) in [4.78, 5) is 37.9. The largest absolute Gasteiger partial charge is 0.481 e. The van der Waals surface area contributed by atoms with Crippen molar-refractivity contribution in [3.05, 3.63) is 0 Å². The van der Waals surface area contributed by atoms with Crippen molar-refractivity contribution in [2.45, 2.75) is 57.4 Å². The second-order valence-corrected chi connectivity index (χ2v) is 9.00. The van der Waals surface area contributed by atoms with Gasteiger partial charge < -0.3 is 20.6 Å². The van der Waals surface area contributed by atoms with E-state index in [1.165, 1.54) is 12.8 Å². The van der Waals surface area contributed by atoms with Gasteiger partial charge in [0.15, 0.2) is 0 Å². The molecule has 2 aliphatic heterocycles. The molecule has 0 aromatic carbocycles. The highest BCUT2D eigenvalue weighted by atomic mass is 32.2. The second kappa shape index (κ2) is 12.3. The van der Waals surface area contributed by atoms with Crippen LogP contribution in [0, 0.1) is 11.8 Å². The summed E-state index contributed by atoms with van der Waals surface area (Å²) in [6, 6.07) is -0.381. The number of hydrogen-bond donors (Lipinski definition) is 3. The lowest BCUT2D eigenvalue weighted by molar-refractivity contribution is -0.143. The molecule has 2 atom stereocenters. The number of piperidine rings is 2. The second-order valence-electron chi connectivity index (χ2n) is 8.01. The van der Waals surface area contributed by atoms with E-state index >= 15 is 0 Å². The van der Waals surface area contributed by atoms with E-state index in [0.29, 0.717) is 18.9 Å². The number of thioether (sulfide) groups is 1. The predicted molar refractivity (Wildman–Crippen MR) is 111 cm³/mol. The predicted octanol–water partition coefficient (Wildman–Crippen LogP) is 1.72. The first kappa shape index (κ1) is 23.0. The Morgan fingerprint density at radius 3 is 2.71 bits per heavy atom. The summed E-state index contributed by atoms with van der Waals surface area (Å²) in [5.41, 5.74) is 0. The summed E-state index contributed by atoms with van der Waals surface area (Å²) < 4.78 is 0. The van der Waals surface area contributed by atoms with Gasteiger partial charge >= 0.3 is 5.97 Å². The normalized spacial score (nSPS) is 22.1. The number of likely N-dealkylation sites (tertiary alicyclic amines) is 1. The molecule has 8 heteroatoms. The first-order chi connectivity index (χ1) is 13.5. The monoisotopic (exact) mass is 413 g/mol. The Bertz CT molecular complexity index is 526. The van der Waals surface area contributed by atoms with Crippen LogP contribution in [0.1, 0.15) is 51.4 Å². The first-order valence-corrected chi connectivity index (χ1v) is 11.9. The molecule has 160 valence electrons. The smallest absolute Gasteiger partial charge is 0.305 e. The number of amides is 2. The van der Waals surface area contributed by atoms with Crippen LogP contribution in [-0.2, 0) is 14.4 Å². The van der Waals surface area contributed by atoms with Gasteiger partial charge in [-0.3, -0.25) is 14.4 Å². The van der Waals surface area contributed by atoms with E-state index in [0.717, 1.165) is 44.5 Å². The van der Waals surface area contributed by atoms with Gasteiger partial charge in [0.2, 0.25) is 11.8 Å². The minimum Gasteiger partial charge on any atom is -0.481 e. The molecule has 2 heterocycles. The van der Waals surface area contributed by atoms with Crippen LogP contribution in [0.3, 0.4) is 0 Å². The minimum atomic E-state index is -0.918. The number of hydrogen-bond acceptors (Lipinski definition) is 5. The molecule has 0 radical (unpaired) electrons. The van der Waals surface area contributed by atoms with Crippen molar-refractivity contribution in [1.82, 2.24) is 15.5 Å². The quantitative estimate of drug-likeness (QED) is 0.477. The summed E-state index contributed by atoms with van der Waals surface area (Å²) >= 11 is 1.62. The number of rotatable bonds is 11. The molecule has 0 saturated carbocycles. The van der Waals surface area contributed by atoms with Crippen molar-refractivity contribution in [2.75, 3.05) is 38.2 Å². The zero-order chi connectivity index (χ0) is 20.4. The van der Waals surface area contributed by atoms with Crippen LogP contribution < -0.4 is 10.6 Å². The van der Waals surface area contributed by atoms with Gasteiger partial charge in [-0.05, 0) is 76.0 Å². The van der Waals surface area contributed by atoms with Crippen molar-refractivity contribution < 1.29 is 19.5 Å². The SMILES string of the molecule is CSCC[C@H](CC(=O)O)NC(=O)CN1CCCC(CCC2CCNCC2)C1=O. The van der Waals surface area contributed by atoms with E-state index in [-0.39, 0.29) is 36.7 Å². The van der Waals surface area contributed by atoms with Gasteiger partial charge in [-0.15, -0.1) is 0 Å². The Morgan fingerprint density at radius 1 is 1.29 bits per heavy atom. The molecule has 0 spiro atoms. The molecule has 2 aliphatic rings. The van der Waals surface area contributed by atoms with Crippen molar-refractivity contribution in [2.24, 2.45) is 11.8 Å².